The van der Waals surface area contributed by atoms with Crippen molar-refractivity contribution in [1.29, 1.82) is 0 Å². The Morgan fingerprint density at radius 3 is 2.61 bits per heavy atom. The lowest BCUT2D eigenvalue weighted by Gasteiger charge is -2.28. The van der Waals surface area contributed by atoms with Crippen LogP contribution in [0.4, 0.5) is 0 Å². The molecule has 0 saturated carbocycles. The Balaban J connectivity index is 1.20. The third-order valence-electron chi connectivity index (χ3n) is 6.75. The number of carbonyl (C=O) groups is 1. The molecular weight excluding hydrogens is 452 g/mol. The summed E-state index contributed by atoms with van der Waals surface area (Å²) in [4.78, 5) is 20.0. The Bertz CT molecular complexity index is 1330. The van der Waals surface area contributed by atoms with E-state index in [1.54, 1.807) is 19.2 Å². The lowest BCUT2D eigenvalue weighted by Crippen LogP contribution is -2.36. The number of nitrogens with one attached hydrogen (secondary N) is 1. The number of pyridine rings is 1. The number of aryl methyl sites for hydroxylation is 1. The van der Waals surface area contributed by atoms with Gasteiger partial charge in [-0.1, -0.05) is 18.2 Å². The van der Waals surface area contributed by atoms with E-state index in [4.69, 9.17) is 9.47 Å². The first-order chi connectivity index (χ1) is 17.6. The molecule has 36 heavy (non-hydrogen) atoms. The maximum Gasteiger partial charge on any atom is 0.251 e. The molecule has 4 aromatic rings. The molecule has 186 valence electrons. The number of imidazole rings is 1. The van der Waals surface area contributed by atoms with Crippen molar-refractivity contribution < 1.29 is 14.3 Å². The number of nitrogens with zero attached hydrogens (tertiary/aromatic N) is 3. The van der Waals surface area contributed by atoms with Crippen LogP contribution in [-0.2, 0) is 6.61 Å². The second-order valence-electron chi connectivity index (χ2n) is 9.21. The van der Waals surface area contributed by atoms with E-state index in [2.05, 4.69) is 27.3 Å². The molecule has 7 nitrogen and oxygen atoms in total. The Hall–Kier alpha value is -3.84. The van der Waals surface area contributed by atoms with Gasteiger partial charge < -0.3 is 19.2 Å². The number of benzene rings is 2. The quantitative estimate of drug-likeness (QED) is 0.370. The maximum atomic E-state index is 12.9. The smallest absolute Gasteiger partial charge is 0.251 e. The van der Waals surface area contributed by atoms with Gasteiger partial charge in [0.05, 0.1) is 18.8 Å². The van der Waals surface area contributed by atoms with E-state index in [-0.39, 0.29) is 11.9 Å². The third kappa shape index (κ3) is 5.36. The van der Waals surface area contributed by atoms with Crippen molar-refractivity contribution in [2.75, 3.05) is 26.7 Å². The zero-order valence-electron chi connectivity index (χ0n) is 20.8. The van der Waals surface area contributed by atoms with E-state index in [1.165, 1.54) is 12.8 Å². The summed E-state index contributed by atoms with van der Waals surface area (Å²) in [6, 6.07) is 19.5. The molecule has 0 aliphatic carbocycles. The van der Waals surface area contributed by atoms with Crippen molar-refractivity contribution in [3.8, 4) is 11.5 Å². The molecule has 1 amide bonds. The molecule has 1 N–H and O–H groups in total. The average molecular weight is 485 g/mol. The van der Waals surface area contributed by atoms with Gasteiger partial charge in [0, 0.05) is 24.5 Å². The van der Waals surface area contributed by atoms with E-state index in [1.807, 2.05) is 60.1 Å². The summed E-state index contributed by atoms with van der Waals surface area (Å²) >= 11 is 0. The van der Waals surface area contributed by atoms with Gasteiger partial charge in [0.2, 0.25) is 0 Å². The molecule has 1 saturated heterocycles. The molecule has 2 aromatic heterocycles. The van der Waals surface area contributed by atoms with Crippen molar-refractivity contribution in [2.24, 2.45) is 0 Å². The molecule has 1 aliphatic rings. The molecular formula is C29H32N4O3. The molecule has 1 fully saturated rings. The lowest BCUT2D eigenvalue weighted by molar-refractivity contribution is 0.0938. The van der Waals surface area contributed by atoms with E-state index in [0.29, 0.717) is 24.5 Å². The van der Waals surface area contributed by atoms with Gasteiger partial charge in [0.1, 0.15) is 23.8 Å². The third-order valence-corrected chi connectivity index (χ3v) is 6.75. The summed E-state index contributed by atoms with van der Waals surface area (Å²) in [7, 11) is 1.68. The van der Waals surface area contributed by atoms with Crippen LogP contribution in [0.25, 0.3) is 5.65 Å². The number of likely N-dealkylation sites (tertiary alicyclic amines) is 1. The topological polar surface area (TPSA) is 68.1 Å². The molecule has 0 radical (unpaired) electrons. The number of carbonyl (C=O) groups excluding carboxylic acids is 1. The first kappa shape index (κ1) is 23.9. The van der Waals surface area contributed by atoms with Gasteiger partial charge in [0.25, 0.3) is 5.91 Å². The molecule has 7 heteroatoms. The highest BCUT2D eigenvalue weighted by Crippen LogP contribution is 2.27. The summed E-state index contributed by atoms with van der Waals surface area (Å²) in [5, 5.41) is 3.13. The number of aromatic nitrogens is 2. The molecule has 1 atom stereocenters. The van der Waals surface area contributed by atoms with Crippen LogP contribution >= 0.6 is 0 Å². The lowest BCUT2D eigenvalue weighted by atomic mass is 10.0. The van der Waals surface area contributed by atoms with Crippen molar-refractivity contribution in [3.63, 3.8) is 0 Å². The number of hydrogen-bond acceptors (Lipinski definition) is 5. The Morgan fingerprint density at radius 1 is 1.06 bits per heavy atom. The number of ether oxygens (including phenoxy) is 2. The van der Waals surface area contributed by atoms with Crippen LogP contribution in [-0.4, -0.2) is 46.9 Å². The number of fused-ring (bicyclic) bond motifs is 1. The highest BCUT2D eigenvalue weighted by Gasteiger charge is 2.24. The van der Waals surface area contributed by atoms with Crippen molar-refractivity contribution in [2.45, 2.75) is 32.4 Å². The van der Waals surface area contributed by atoms with E-state index in [9.17, 15) is 4.79 Å². The predicted molar refractivity (Wildman–Crippen MR) is 140 cm³/mol. The average Bonchev–Trinajstić information content (AvgIpc) is 3.59. The monoisotopic (exact) mass is 484 g/mol. The second-order valence-corrected chi connectivity index (χ2v) is 9.21. The van der Waals surface area contributed by atoms with E-state index >= 15 is 0 Å². The van der Waals surface area contributed by atoms with Crippen LogP contribution in [0, 0.1) is 6.92 Å². The zero-order valence-corrected chi connectivity index (χ0v) is 20.8. The van der Waals surface area contributed by atoms with Gasteiger partial charge in [-0.3, -0.25) is 9.69 Å². The van der Waals surface area contributed by atoms with E-state index < -0.39 is 0 Å². The van der Waals surface area contributed by atoms with Crippen LogP contribution in [0.3, 0.4) is 0 Å². The molecule has 3 heterocycles. The first-order valence-electron chi connectivity index (χ1n) is 12.4. The van der Waals surface area contributed by atoms with Gasteiger partial charge >= 0.3 is 0 Å². The number of amides is 1. The standard InChI is InChI=1S/C29H32N4O3/c1-21-7-6-16-33-19-24(31-28(21)33)20-36-25-12-10-22(11-13-25)29(34)30-18-27(32-14-3-4-15-32)23-8-5-9-26(17-23)35-2/h5-13,16-17,19,27H,3-4,14-15,18,20H2,1-2H3,(H,30,34). The normalized spacial score (nSPS) is 14.6. The highest BCUT2D eigenvalue weighted by atomic mass is 16.5. The van der Waals surface area contributed by atoms with Crippen LogP contribution in [0.15, 0.2) is 73.1 Å². The fraction of sp³-hybridized carbons (Fsp3) is 0.310. The van der Waals surface area contributed by atoms with Crippen molar-refractivity contribution in [3.05, 3.63) is 95.4 Å². The fourth-order valence-electron chi connectivity index (χ4n) is 4.79. The zero-order chi connectivity index (χ0) is 24.9. The van der Waals surface area contributed by atoms with Gasteiger partial charge in [-0.25, -0.2) is 4.98 Å². The second kappa shape index (κ2) is 10.8. The fourth-order valence-corrected chi connectivity index (χ4v) is 4.79. The Morgan fingerprint density at radius 2 is 1.86 bits per heavy atom. The van der Waals surface area contributed by atoms with Gasteiger partial charge in [-0.05, 0) is 86.4 Å². The largest absolute Gasteiger partial charge is 0.497 e. The molecule has 2 aromatic carbocycles. The summed E-state index contributed by atoms with van der Waals surface area (Å²) in [6.07, 6.45) is 6.33. The van der Waals surface area contributed by atoms with Crippen LogP contribution < -0.4 is 14.8 Å². The van der Waals surface area contributed by atoms with E-state index in [0.717, 1.165) is 41.3 Å². The Labute approximate surface area is 211 Å². The Kier molecular flexibility index (Phi) is 7.18. The molecule has 0 spiro atoms. The van der Waals surface area contributed by atoms with Gasteiger partial charge in [0.15, 0.2) is 0 Å². The summed E-state index contributed by atoms with van der Waals surface area (Å²) in [5.41, 5.74) is 4.68. The first-order valence-corrected chi connectivity index (χ1v) is 12.4. The minimum absolute atomic E-state index is 0.0931. The molecule has 1 aliphatic heterocycles. The van der Waals surface area contributed by atoms with Crippen molar-refractivity contribution >= 4 is 11.6 Å². The predicted octanol–water partition coefficient (Wildman–Crippen LogP) is 4.80. The minimum Gasteiger partial charge on any atom is -0.497 e. The molecule has 1 unspecified atom stereocenters. The molecule has 5 rings (SSSR count). The van der Waals surface area contributed by atoms with Crippen LogP contribution in [0.2, 0.25) is 0 Å². The summed E-state index contributed by atoms with van der Waals surface area (Å²) in [6.45, 7) is 5.02. The van der Waals surface area contributed by atoms with Crippen LogP contribution in [0.1, 0.15) is 46.1 Å². The maximum absolute atomic E-state index is 12.9. The SMILES string of the molecule is COc1cccc(C(CNC(=O)c2ccc(OCc3cn4cccc(C)c4n3)cc2)N2CCCC2)c1. The number of hydrogen-bond donors (Lipinski definition) is 1. The van der Waals surface area contributed by atoms with Gasteiger partial charge in [-0.2, -0.15) is 0 Å². The van der Waals surface area contributed by atoms with Gasteiger partial charge in [-0.15, -0.1) is 0 Å². The van der Waals surface area contributed by atoms with Crippen molar-refractivity contribution in [1.82, 2.24) is 19.6 Å². The van der Waals surface area contributed by atoms with Crippen LogP contribution in [0.5, 0.6) is 11.5 Å². The number of methoxy groups -OCH3 is 1. The summed E-state index contributed by atoms with van der Waals surface area (Å²) < 4.78 is 13.3. The molecule has 0 bridgehead atoms. The summed E-state index contributed by atoms with van der Waals surface area (Å²) in [5.74, 6) is 1.44. The highest BCUT2D eigenvalue weighted by molar-refractivity contribution is 5.94. The minimum atomic E-state index is -0.0931. The number of rotatable bonds is 9.